The smallest absolute Gasteiger partial charge is 0.288 e. The predicted octanol–water partition coefficient (Wildman–Crippen LogP) is 4.90. The summed E-state index contributed by atoms with van der Waals surface area (Å²) in [5.74, 6) is -1.38. The summed E-state index contributed by atoms with van der Waals surface area (Å²) in [4.78, 5) is 8.98. The second kappa shape index (κ2) is 8.09. The van der Waals surface area contributed by atoms with Gasteiger partial charge >= 0.3 is 0 Å². The number of benzene rings is 1. The Bertz CT molecular complexity index is 637. The number of halogens is 3. The third kappa shape index (κ3) is 4.96. The number of anilines is 3. The molecule has 1 aromatic carbocycles. The molecule has 2 N–H and O–H groups in total. The van der Waals surface area contributed by atoms with Gasteiger partial charge in [0.25, 0.3) is 5.76 Å². The van der Waals surface area contributed by atoms with Crippen LogP contribution in [0, 0.1) is 0 Å². The second-order valence-corrected chi connectivity index (χ2v) is 6.01. The number of aromatic nitrogens is 2. The van der Waals surface area contributed by atoms with Crippen molar-refractivity contribution >= 4 is 45.1 Å². The molecule has 0 bridgehead atoms. The van der Waals surface area contributed by atoms with Gasteiger partial charge in [-0.2, -0.15) is 13.8 Å². The van der Waals surface area contributed by atoms with Gasteiger partial charge in [0.05, 0.1) is 4.47 Å². The van der Waals surface area contributed by atoms with E-state index in [-0.39, 0.29) is 0 Å². The molecular weight excluding hydrogens is 374 g/mol. The molecule has 0 fully saturated rings. The van der Waals surface area contributed by atoms with Crippen molar-refractivity contribution in [2.45, 2.75) is 10.7 Å². The van der Waals surface area contributed by atoms with Crippen LogP contribution in [0.25, 0.3) is 0 Å². The molecule has 22 heavy (non-hydrogen) atoms. The minimum Gasteiger partial charge on any atom is -0.366 e. The normalized spacial score (nSPS) is 10.5. The molecule has 0 saturated heterocycles. The van der Waals surface area contributed by atoms with Crippen molar-refractivity contribution in [2.24, 2.45) is 0 Å². The summed E-state index contributed by atoms with van der Waals surface area (Å²) in [7, 11) is 0. The summed E-state index contributed by atoms with van der Waals surface area (Å²) in [6.07, 6.45) is 3.35. The fourth-order valence-electron chi connectivity index (χ4n) is 1.57. The Labute approximate surface area is 139 Å². The van der Waals surface area contributed by atoms with E-state index < -0.39 is 5.76 Å². The lowest BCUT2D eigenvalue weighted by molar-refractivity contribution is 0.252. The molecule has 2 rings (SSSR count). The maximum Gasteiger partial charge on any atom is 0.288 e. The highest BCUT2D eigenvalue weighted by atomic mass is 79.9. The molecule has 1 aromatic heterocycles. The maximum atomic E-state index is 12.3. The molecule has 0 amide bonds. The third-order valence-electron chi connectivity index (χ3n) is 2.49. The van der Waals surface area contributed by atoms with E-state index in [1.54, 1.807) is 36.5 Å². The summed E-state index contributed by atoms with van der Waals surface area (Å²) in [6.45, 7) is 4.21. The first-order chi connectivity index (χ1) is 10.6. The lowest BCUT2D eigenvalue weighted by Gasteiger charge is -2.09. The van der Waals surface area contributed by atoms with Gasteiger partial charge in [-0.1, -0.05) is 17.8 Å². The quantitative estimate of drug-likeness (QED) is 0.523. The Kier molecular flexibility index (Phi) is 6.14. The van der Waals surface area contributed by atoms with Crippen molar-refractivity contribution < 1.29 is 8.78 Å². The number of nitrogens with one attached hydrogen (secondary N) is 2. The first-order valence-corrected chi connectivity index (χ1v) is 7.95. The highest BCUT2D eigenvalue weighted by Gasteiger charge is 2.07. The lowest BCUT2D eigenvalue weighted by atomic mass is 10.3. The van der Waals surface area contributed by atoms with Crippen LogP contribution in [0.1, 0.15) is 0 Å². The van der Waals surface area contributed by atoms with Crippen LogP contribution >= 0.6 is 27.7 Å². The summed E-state index contributed by atoms with van der Waals surface area (Å²) < 4.78 is 25.3. The van der Waals surface area contributed by atoms with Gasteiger partial charge in [-0.25, -0.2) is 4.98 Å². The molecule has 0 spiro atoms. The zero-order valence-electron chi connectivity index (χ0n) is 11.4. The van der Waals surface area contributed by atoms with E-state index in [9.17, 15) is 8.78 Å². The van der Waals surface area contributed by atoms with E-state index in [0.29, 0.717) is 35.0 Å². The lowest BCUT2D eigenvalue weighted by Crippen LogP contribution is -2.04. The van der Waals surface area contributed by atoms with E-state index in [1.165, 1.54) is 0 Å². The van der Waals surface area contributed by atoms with Crippen molar-refractivity contribution in [1.29, 1.82) is 0 Å². The van der Waals surface area contributed by atoms with Crippen LogP contribution in [0.2, 0.25) is 0 Å². The van der Waals surface area contributed by atoms with Crippen LogP contribution < -0.4 is 10.6 Å². The number of hydrogen-bond donors (Lipinski definition) is 2. The first kappa shape index (κ1) is 16.7. The van der Waals surface area contributed by atoms with E-state index in [4.69, 9.17) is 0 Å². The van der Waals surface area contributed by atoms with Gasteiger partial charge in [-0.3, -0.25) is 0 Å². The van der Waals surface area contributed by atoms with Gasteiger partial charge in [-0.15, -0.1) is 6.58 Å². The van der Waals surface area contributed by atoms with Crippen molar-refractivity contribution in [3.05, 3.63) is 47.6 Å². The van der Waals surface area contributed by atoms with Crippen LogP contribution in [0.15, 0.2) is 52.5 Å². The fourth-order valence-corrected chi connectivity index (χ4v) is 2.40. The molecule has 0 unspecified atom stereocenters. The van der Waals surface area contributed by atoms with Gasteiger partial charge in [0.1, 0.15) is 5.82 Å². The van der Waals surface area contributed by atoms with Crippen LogP contribution in [-0.2, 0) is 0 Å². The van der Waals surface area contributed by atoms with Crippen molar-refractivity contribution in [1.82, 2.24) is 9.97 Å². The monoisotopic (exact) mass is 386 g/mol. The number of nitrogens with zero attached hydrogens (tertiary/aromatic N) is 2. The highest BCUT2D eigenvalue weighted by Crippen LogP contribution is 2.27. The van der Waals surface area contributed by atoms with Gasteiger partial charge in [-0.05, 0) is 40.2 Å². The largest absolute Gasteiger partial charge is 0.366 e. The molecule has 0 atom stereocenters. The molecule has 0 aliphatic heterocycles. The molecule has 0 aliphatic rings. The molecule has 0 radical (unpaired) electrons. The van der Waals surface area contributed by atoms with Gasteiger partial charge in [0.2, 0.25) is 5.95 Å². The predicted molar refractivity (Wildman–Crippen MR) is 90.0 cm³/mol. The molecule has 2 aromatic rings. The highest BCUT2D eigenvalue weighted by molar-refractivity contribution is 9.10. The van der Waals surface area contributed by atoms with Gasteiger partial charge in [0, 0.05) is 23.3 Å². The zero-order chi connectivity index (χ0) is 15.9. The molecular formula is C14H13BrF2N4S. The van der Waals surface area contributed by atoms with Crippen molar-refractivity contribution in [3.63, 3.8) is 0 Å². The molecule has 0 saturated carbocycles. The fraction of sp³-hybridized carbons (Fsp3) is 0.143. The van der Waals surface area contributed by atoms with Crippen LogP contribution in [0.3, 0.4) is 0 Å². The average molecular weight is 387 g/mol. The van der Waals surface area contributed by atoms with Crippen LogP contribution in [0.4, 0.5) is 26.2 Å². The Morgan fingerprint density at radius 1 is 1.32 bits per heavy atom. The maximum absolute atomic E-state index is 12.3. The minimum atomic E-state index is -2.42. The molecule has 8 heteroatoms. The van der Waals surface area contributed by atoms with Crippen LogP contribution in [0.5, 0.6) is 0 Å². The molecule has 116 valence electrons. The van der Waals surface area contributed by atoms with Crippen molar-refractivity contribution in [2.75, 3.05) is 17.2 Å². The van der Waals surface area contributed by atoms with Gasteiger partial charge in [0.15, 0.2) is 0 Å². The molecule has 0 aliphatic carbocycles. The van der Waals surface area contributed by atoms with E-state index in [2.05, 4.69) is 43.1 Å². The number of hydrogen-bond acceptors (Lipinski definition) is 5. The Morgan fingerprint density at radius 3 is 2.68 bits per heavy atom. The third-order valence-corrected chi connectivity index (χ3v) is 3.80. The summed E-state index contributed by atoms with van der Waals surface area (Å²) >= 11 is 3.86. The van der Waals surface area contributed by atoms with E-state index in [1.807, 2.05) is 0 Å². The van der Waals surface area contributed by atoms with Crippen LogP contribution in [-0.4, -0.2) is 22.3 Å². The first-order valence-electron chi connectivity index (χ1n) is 6.27. The number of alkyl halides is 2. The summed E-state index contributed by atoms with van der Waals surface area (Å²) in [5.41, 5.74) is 0.718. The SMILES string of the molecule is C=CCNc1nc(Nc2ccc(SC(F)F)cc2)ncc1Br. The van der Waals surface area contributed by atoms with Crippen molar-refractivity contribution in [3.8, 4) is 0 Å². The molecule has 1 heterocycles. The minimum absolute atomic E-state index is 0.407. The van der Waals surface area contributed by atoms with E-state index >= 15 is 0 Å². The number of rotatable bonds is 7. The second-order valence-electron chi connectivity index (χ2n) is 4.09. The van der Waals surface area contributed by atoms with E-state index in [0.717, 1.165) is 10.2 Å². The Morgan fingerprint density at radius 2 is 2.05 bits per heavy atom. The standard InChI is InChI=1S/C14H13BrF2N4S/c1-2-7-18-12-11(15)8-19-14(21-12)20-9-3-5-10(6-4-9)22-13(16)17/h2-6,8,13H,1,7H2,(H2,18,19,20,21). The topological polar surface area (TPSA) is 49.8 Å². The average Bonchev–Trinajstić information content (AvgIpc) is 2.49. The Balaban J connectivity index is 2.08. The number of thioether (sulfide) groups is 1. The Hall–Kier alpha value is -1.67. The zero-order valence-corrected chi connectivity index (χ0v) is 13.8. The summed E-state index contributed by atoms with van der Waals surface area (Å²) in [6, 6.07) is 6.64. The van der Waals surface area contributed by atoms with Gasteiger partial charge < -0.3 is 10.6 Å². The molecule has 4 nitrogen and oxygen atoms in total. The summed E-state index contributed by atoms with van der Waals surface area (Å²) in [5, 5.41) is 6.10.